The molecule has 0 aliphatic heterocycles. The highest BCUT2D eigenvalue weighted by Crippen LogP contribution is 2.27. The van der Waals surface area contributed by atoms with Crippen LogP contribution < -0.4 is 0 Å². The molecule has 0 aliphatic carbocycles. The van der Waals surface area contributed by atoms with E-state index in [1.165, 1.54) is 12.1 Å². The fourth-order valence-corrected chi connectivity index (χ4v) is 2.47. The quantitative estimate of drug-likeness (QED) is 0.558. The van der Waals surface area contributed by atoms with Gasteiger partial charge in [0, 0.05) is 24.2 Å². The van der Waals surface area contributed by atoms with Crippen LogP contribution in [0.2, 0.25) is 0 Å². The van der Waals surface area contributed by atoms with Gasteiger partial charge in [0.05, 0.1) is 5.69 Å². The van der Waals surface area contributed by atoms with Gasteiger partial charge in [0.15, 0.2) is 5.65 Å². The lowest BCUT2D eigenvalue weighted by Gasteiger charge is -2.08. The molecule has 0 saturated heterocycles. The lowest BCUT2D eigenvalue weighted by molar-refractivity contribution is 0.628. The molecule has 114 valence electrons. The highest BCUT2D eigenvalue weighted by atomic mass is 35.5. The number of benzene rings is 1. The molecule has 0 aliphatic rings. The summed E-state index contributed by atoms with van der Waals surface area (Å²) >= 11 is 0. The van der Waals surface area contributed by atoms with E-state index >= 15 is 0 Å². The number of imidazole rings is 1. The number of pyridine rings is 2. The second kappa shape index (κ2) is 6.14. The van der Waals surface area contributed by atoms with Crippen molar-refractivity contribution in [3.8, 4) is 17.1 Å². The van der Waals surface area contributed by atoms with E-state index in [0.717, 1.165) is 16.9 Å². The van der Waals surface area contributed by atoms with Gasteiger partial charge in [0.1, 0.15) is 17.2 Å². The molecule has 3 heterocycles. The number of hydrogen-bond donors (Lipinski definition) is 0. The van der Waals surface area contributed by atoms with Crippen molar-refractivity contribution in [2.75, 3.05) is 0 Å². The fourth-order valence-electron chi connectivity index (χ4n) is 2.47. The third-order valence-electron chi connectivity index (χ3n) is 3.42. The zero-order valence-corrected chi connectivity index (χ0v) is 12.7. The third kappa shape index (κ3) is 2.66. The summed E-state index contributed by atoms with van der Waals surface area (Å²) in [5, 5.41) is 0. The van der Waals surface area contributed by atoms with Crippen molar-refractivity contribution in [3.63, 3.8) is 0 Å². The van der Waals surface area contributed by atoms with Gasteiger partial charge in [-0.2, -0.15) is 0 Å². The number of hydrogen-bond acceptors (Lipinski definition) is 3. The Morgan fingerprint density at radius 2 is 1.74 bits per heavy atom. The van der Waals surface area contributed by atoms with Gasteiger partial charge in [-0.05, 0) is 36.4 Å². The van der Waals surface area contributed by atoms with Gasteiger partial charge in [0.25, 0.3) is 0 Å². The van der Waals surface area contributed by atoms with Crippen LogP contribution in [0.25, 0.3) is 28.2 Å². The predicted octanol–water partition coefficient (Wildman–Crippen LogP) is 4.04. The Kier molecular flexibility index (Phi) is 4.04. The first kappa shape index (κ1) is 15.1. The molecule has 0 amide bonds. The Morgan fingerprint density at radius 1 is 0.913 bits per heavy atom. The van der Waals surface area contributed by atoms with Crippen LogP contribution in [0.3, 0.4) is 0 Å². The first-order chi connectivity index (χ1) is 10.8. The van der Waals surface area contributed by atoms with Crippen LogP contribution in [0.15, 0.2) is 67.1 Å². The van der Waals surface area contributed by atoms with Crippen LogP contribution in [-0.2, 0) is 0 Å². The van der Waals surface area contributed by atoms with E-state index in [-0.39, 0.29) is 18.2 Å². The van der Waals surface area contributed by atoms with Crippen LogP contribution in [-0.4, -0.2) is 19.5 Å². The Labute approximate surface area is 138 Å². The molecule has 23 heavy (non-hydrogen) atoms. The van der Waals surface area contributed by atoms with Gasteiger partial charge in [0.2, 0.25) is 0 Å². The van der Waals surface area contributed by atoms with Crippen molar-refractivity contribution in [2.45, 2.75) is 0 Å². The van der Waals surface area contributed by atoms with Gasteiger partial charge in [-0.3, -0.25) is 9.55 Å². The smallest absolute Gasteiger partial charge is 0.164 e. The Morgan fingerprint density at radius 3 is 2.52 bits per heavy atom. The van der Waals surface area contributed by atoms with E-state index in [1.807, 2.05) is 34.9 Å². The summed E-state index contributed by atoms with van der Waals surface area (Å²) in [6, 6.07) is 13.9. The SMILES string of the molecule is Cl.Fc1cccc(-c2nc3cccnc3n2-c2ccncc2)c1. The van der Waals surface area contributed by atoms with Crippen molar-refractivity contribution in [1.29, 1.82) is 0 Å². The number of halogens is 2. The maximum atomic E-state index is 13.6. The summed E-state index contributed by atoms with van der Waals surface area (Å²) in [6.07, 6.45) is 5.13. The molecule has 4 nitrogen and oxygen atoms in total. The zero-order chi connectivity index (χ0) is 14.9. The normalized spacial score (nSPS) is 10.5. The van der Waals surface area contributed by atoms with Crippen molar-refractivity contribution in [3.05, 3.63) is 72.9 Å². The first-order valence-electron chi connectivity index (χ1n) is 6.83. The molecule has 0 spiro atoms. The standard InChI is InChI=1S/C17H11FN4.ClH/c18-13-4-1-3-12(11-13)16-21-15-5-2-8-20-17(15)22(16)14-6-9-19-10-7-14;/h1-11H;1H. The molecular formula is C17H12ClFN4. The Hall–Kier alpha value is -2.79. The van der Waals surface area contributed by atoms with Gasteiger partial charge >= 0.3 is 0 Å². The van der Waals surface area contributed by atoms with Crippen LogP contribution in [0.4, 0.5) is 4.39 Å². The molecule has 4 aromatic rings. The molecule has 4 rings (SSSR count). The maximum Gasteiger partial charge on any atom is 0.164 e. The summed E-state index contributed by atoms with van der Waals surface area (Å²) in [4.78, 5) is 13.1. The molecular weight excluding hydrogens is 315 g/mol. The highest BCUT2D eigenvalue weighted by molar-refractivity contribution is 5.85. The monoisotopic (exact) mass is 326 g/mol. The molecule has 0 N–H and O–H groups in total. The predicted molar refractivity (Wildman–Crippen MR) is 89.3 cm³/mol. The van der Waals surface area contributed by atoms with E-state index in [1.54, 1.807) is 24.7 Å². The minimum atomic E-state index is -0.293. The topological polar surface area (TPSA) is 43.6 Å². The Bertz CT molecular complexity index is 953. The van der Waals surface area contributed by atoms with E-state index in [2.05, 4.69) is 15.0 Å². The largest absolute Gasteiger partial charge is 0.277 e. The minimum Gasteiger partial charge on any atom is -0.277 e. The summed E-state index contributed by atoms with van der Waals surface area (Å²) in [7, 11) is 0. The van der Waals surface area contributed by atoms with Crippen LogP contribution >= 0.6 is 12.4 Å². The fraction of sp³-hybridized carbons (Fsp3) is 0. The summed E-state index contributed by atoms with van der Waals surface area (Å²) < 4.78 is 15.5. The second-order valence-corrected chi connectivity index (χ2v) is 4.83. The van der Waals surface area contributed by atoms with Gasteiger partial charge in [-0.15, -0.1) is 12.4 Å². The number of rotatable bonds is 2. The highest BCUT2D eigenvalue weighted by Gasteiger charge is 2.15. The second-order valence-electron chi connectivity index (χ2n) is 4.83. The lowest BCUT2D eigenvalue weighted by Crippen LogP contribution is -1.98. The van der Waals surface area contributed by atoms with Gasteiger partial charge in [-0.25, -0.2) is 14.4 Å². The molecule has 3 aromatic heterocycles. The molecule has 0 bridgehead atoms. The van der Waals surface area contributed by atoms with E-state index in [0.29, 0.717) is 11.4 Å². The molecule has 6 heteroatoms. The number of aromatic nitrogens is 4. The number of fused-ring (bicyclic) bond motifs is 1. The summed E-state index contributed by atoms with van der Waals surface area (Å²) in [5.41, 5.74) is 3.08. The number of nitrogens with zero attached hydrogens (tertiary/aromatic N) is 4. The first-order valence-corrected chi connectivity index (χ1v) is 6.83. The van der Waals surface area contributed by atoms with Gasteiger partial charge in [-0.1, -0.05) is 12.1 Å². The summed E-state index contributed by atoms with van der Waals surface area (Å²) in [5.74, 6) is 0.359. The third-order valence-corrected chi connectivity index (χ3v) is 3.42. The lowest BCUT2D eigenvalue weighted by atomic mass is 10.2. The van der Waals surface area contributed by atoms with Crippen molar-refractivity contribution in [2.24, 2.45) is 0 Å². The van der Waals surface area contributed by atoms with Crippen LogP contribution in [0.5, 0.6) is 0 Å². The molecule has 1 aromatic carbocycles. The van der Waals surface area contributed by atoms with E-state index in [4.69, 9.17) is 0 Å². The minimum absolute atomic E-state index is 0. The van der Waals surface area contributed by atoms with Crippen LogP contribution in [0.1, 0.15) is 0 Å². The Balaban J connectivity index is 0.00000156. The van der Waals surface area contributed by atoms with Crippen molar-refractivity contribution >= 4 is 23.6 Å². The zero-order valence-electron chi connectivity index (χ0n) is 11.9. The molecule has 0 unspecified atom stereocenters. The van der Waals surface area contributed by atoms with Crippen molar-refractivity contribution in [1.82, 2.24) is 19.5 Å². The molecule has 0 saturated carbocycles. The maximum absolute atomic E-state index is 13.6. The average molecular weight is 327 g/mol. The molecule has 0 fully saturated rings. The summed E-state index contributed by atoms with van der Waals surface area (Å²) in [6.45, 7) is 0. The van der Waals surface area contributed by atoms with E-state index in [9.17, 15) is 4.39 Å². The average Bonchev–Trinajstić information content (AvgIpc) is 2.95. The van der Waals surface area contributed by atoms with Gasteiger partial charge < -0.3 is 0 Å². The van der Waals surface area contributed by atoms with Crippen molar-refractivity contribution < 1.29 is 4.39 Å². The van der Waals surface area contributed by atoms with E-state index < -0.39 is 0 Å². The van der Waals surface area contributed by atoms with Crippen LogP contribution in [0, 0.1) is 5.82 Å². The molecule has 0 radical (unpaired) electrons. The molecule has 0 atom stereocenters.